The van der Waals surface area contributed by atoms with Gasteiger partial charge in [0.05, 0.1) is 11.4 Å². The van der Waals surface area contributed by atoms with Gasteiger partial charge >= 0.3 is 0 Å². The average molecular weight is 348 g/mol. The van der Waals surface area contributed by atoms with Crippen LogP contribution in [-0.2, 0) is 4.79 Å². The molecule has 21 heavy (non-hydrogen) atoms. The minimum absolute atomic E-state index is 0.0590. The summed E-state index contributed by atoms with van der Waals surface area (Å²) in [5, 5.41) is 3.88. The molecule has 5 heteroatoms. The van der Waals surface area contributed by atoms with Gasteiger partial charge in [-0.2, -0.15) is 0 Å². The molecule has 1 amide bonds. The molecule has 0 radical (unpaired) electrons. The number of nitrogens with one attached hydrogen (secondary N) is 1. The maximum Gasteiger partial charge on any atom is 0.224 e. The monoisotopic (exact) mass is 347 g/mol. The zero-order valence-corrected chi connectivity index (χ0v) is 13.6. The molecule has 1 fully saturated rings. The maximum absolute atomic E-state index is 11.8. The molecule has 0 bridgehead atoms. The van der Waals surface area contributed by atoms with E-state index in [9.17, 15) is 4.79 Å². The molecule has 4 nitrogen and oxygen atoms in total. The quantitative estimate of drug-likeness (QED) is 0.908. The molecule has 0 saturated carbocycles. The van der Waals surface area contributed by atoms with Gasteiger partial charge in [0, 0.05) is 30.0 Å². The summed E-state index contributed by atoms with van der Waals surface area (Å²) in [6, 6.07) is 10.2. The number of nitrogens with zero attached hydrogens (tertiary/aromatic N) is 2. The number of hydrogen-bond acceptors (Lipinski definition) is 3. The van der Waals surface area contributed by atoms with Crippen molar-refractivity contribution in [1.82, 2.24) is 10.3 Å². The van der Waals surface area contributed by atoms with Crippen molar-refractivity contribution in [2.75, 3.05) is 25.0 Å². The second-order valence-corrected chi connectivity index (χ2v) is 6.32. The Morgan fingerprint density at radius 2 is 2.19 bits per heavy atom. The van der Waals surface area contributed by atoms with E-state index in [2.05, 4.69) is 38.3 Å². The van der Waals surface area contributed by atoms with Crippen LogP contribution in [0.3, 0.4) is 0 Å². The van der Waals surface area contributed by atoms with Crippen LogP contribution in [-0.4, -0.2) is 31.0 Å². The lowest BCUT2D eigenvalue weighted by molar-refractivity contribution is -0.124. The number of aromatic nitrogens is 1. The second kappa shape index (κ2) is 6.02. The van der Waals surface area contributed by atoms with Crippen LogP contribution < -0.4 is 10.2 Å². The molecule has 1 aliphatic heterocycles. The summed E-state index contributed by atoms with van der Waals surface area (Å²) < 4.78 is 1.03. The molecule has 3 rings (SSSR count). The molecule has 1 aliphatic rings. The second-order valence-electron chi connectivity index (χ2n) is 5.41. The summed E-state index contributed by atoms with van der Waals surface area (Å²) in [5.74, 6) is 1.14. The Balaban J connectivity index is 1.87. The van der Waals surface area contributed by atoms with Crippen LogP contribution >= 0.6 is 15.9 Å². The number of anilines is 1. The molecule has 2 heterocycles. The van der Waals surface area contributed by atoms with E-state index in [1.165, 1.54) is 0 Å². The number of carbonyl (C=O) groups excluding carboxylic acids is 1. The van der Waals surface area contributed by atoms with E-state index >= 15 is 0 Å². The van der Waals surface area contributed by atoms with Gasteiger partial charge in [-0.05, 0) is 37.1 Å². The van der Waals surface area contributed by atoms with Gasteiger partial charge in [0.2, 0.25) is 5.91 Å². The lowest BCUT2D eigenvalue weighted by Gasteiger charge is -2.32. The third-order valence-corrected chi connectivity index (χ3v) is 4.50. The van der Waals surface area contributed by atoms with Crippen molar-refractivity contribution in [1.29, 1.82) is 0 Å². The molecular formula is C16H18BrN3O. The maximum atomic E-state index is 11.8. The van der Waals surface area contributed by atoms with Crippen LogP contribution in [0.1, 0.15) is 12.8 Å². The Morgan fingerprint density at radius 3 is 3.00 bits per heavy atom. The molecule has 110 valence electrons. The first kappa shape index (κ1) is 14.3. The summed E-state index contributed by atoms with van der Waals surface area (Å²) in [6.45, 7) is 1.70. The third kappa shape index (κ3) is 3.02. The van der Waals surface area contributed by atoms with Gasteiger partial charge in [0.15, 0.2) is 0 Å². The predicted octanol–water partition coefficient (Wildman–Crippen LogP) is 2.96. The summed E-state index contributed by atoms with van der Waals surface area (Å²) in [4.78, 5) is 18.8. The van der Waals surface area contributed by atoms with Crippen LogP contribution in [0.4, 0.5) is 5.82 Å². The number of rotatable bonds is 2. The highest BCUT2D eigenvalue weighted by atomic mass is 79.9. The Labute approximate surface area is 132 Å². The largest absolute Gasteiger partial charge is 0.359 e. The van der Waals surface area contributed by atoms with Gasteiger partial charge in [0.25, 0.3) is 0 Å². The van der Waals surface area contributed by atoms with Gasteiger partial charge in [-0.25, -0.2) is 4.98 Å². The number of piperidine rings is 1. The highest BCUT2D eigenvalue weighted by Gasteiger charge is 2.25. The normalized spacial score (nSPS) is 18.8. The Hall–Kier alpha value is -1.62. The number of fused-ring (bicyclic) bond motifs is 1. The molecule has 1 aromatic carbocycles. The number of benzene rings is 1. The first-order valence-corrected chi connectivity index (χ1v) is 7.99. The van der Waals surface area contributed by atoms with Crippen molar-refractivity contribution in [3.05, 3.63) is 34.8 Å². The zero-order valence-electron chi connectivity index (χ0n) is 12.0. The van der Waals surface area contributed by atoms with Crippen LogP contribution in [0, 0.1) is 5.92 Å². The van der Waals surface area contributed by atoms with E-state index in [-0.39, 0.29) is 11.8 Å². The van der Waals surface area contributed by atoms with Crippen LogP contribution in [0.5, 0.6) is 0 Å². The highest BCUT2D eigenvalue weighted by Crippen LogP contribution is 2.25. The molecule has 1 atom stereocenters. The third-order valence-electron chi connectivity index (χ3n) is 4.00. The lowest BCUT2D eigenvalue weighted by atomic mass is 9.97. The number of pyridine rings is 1. The zero-order chi connectivity index (χ0) is 14.8. The SMILES string of the molecule is CNC(=O)C1CCCN(c2ccc3ccc(Br)cc3n2)C1. The molecule has 2 aromatic rings. The summed E-state index contributed by atoms with van der Waals surface area (Å²) in [5.41, 5.74) is 0.976. The van der Waals surface area contributed by atoms with Crippen molar-refractivity contribution in [3.63, 3.8) is 0 Å². The number of amides is 1. The van der Waals surface area contributed by atoms with Crippen molar-refractivity contribution in [2.24, 2.45) is 5.92 Å². The van der Waals surface area contributed by atoms with E-state index in [0.29, 0.717) is 0 Å². The van der Waals surface area contributed by atoms with Crippen molar-refractivity contribution < 1.29 is 4.79 Å². The minimum atomic E-state index is 0.0590. The van der Waals surface area contributed by atoms with Crippen molar-refractivity contribution in [2.45, 2.75) is 12.8 Å². The Bertz CT molecular complexity index is 674. The predicted molar refractivity (Wildman–Crippen MR) is 88.4 cm³/mol. The molecule has 1 unspecified atom stereocenters. The molecule has 0 spiro atoms. The minimum Gasteiger partial charge on any atom is -0.359 e. The Kier molecular flexibility index (Phi) is 4.10. The van der Waals surface area contributed by atoms with E-state index in [0.717, 1.165) is 47.1 Å². The van der Waals surface area contributed by atoms with Crippen LogP contribution in [0.15, 0.2) is 34.8 Å². The van der Waals surface area contributed by atoms with E-state index in [4.69, 9.17) is 4.98 Å². The highest BCUT2D eigenvalue weighted by molar-refractivity contribution is 9.10. The number of halogens is 1. The van der Waals surface area contributed by atoms with Gasteiger partial charge in [-0.3, -0.25) is 4.79 Å². The summed E-state index contributed by atoms with van der Waals surface area (Å²) in [7, 11) is 1.70. The van der Waals surface area contributed by atoms with Gasteiger partial charge in [-0.1, -0.05) is 22.0 Å². The van der Waals surface area contributed by atoms with E-state index < -0.39 is 0 Å². The average Bonchev–Trinajstić information content (AvgIpc) is 2.53. The first-order chi connectivity index (χ1) is 10.2. The van der Waals surface area contributed by atoms with E-state index in [1.54, 1.807) is 7.05 Å². The molecular weight excluding hydrogens is 330 g/mol. The van der Waals surface area contributed by atoms with E-state index in [1.807, 2.05) is 18.2 Å². The Morgan fingerprint density at radius 1 is 1.38 bits per heavy atom. The fourth-order valence-corrected chi connectivity index (χ4v) is 3.21. The molecule has 1 saturated heterocycles. The number of hydrogen-bond donors (Lipinski definition) is 1. The first-order valence-electron chi connectivity index (χ1n) is 7.20. The molecule has 0 aliphatic carbocycles. The fourth-order valence-electron chi connectivity index (χ4n) is 2.86. The van der Waals surface area contributed by atoms with Gasteiger partial charge < -0.3 is 10.2 Å². The van der Waals surface area contributed by atoms with Crippen LogP contribution in [0.2, 0.25) is 0 Å². The topological polar surface area (TPSA) is 45.2 Å². The molecule has 1 N–H and O–H groups in total. The van der Waals surface area contributed by atoms with Crippen molar-refractivity contribution >= 4 is 38.6 Å². The van der Waals surface area contributed by atoms with Gasteiger partial charge in [0.1, 0.15) is 5.82 Å². The van der Waals surface area contributed by atoms with Crippen molar-refractivity contribution in [3.8, 4) is 0 Å². The fraction of sp³-hybridized carbons (Fsp3) is 0.375. The summed E-state index contributed by atoms with van der Waals surface area (Å²) in [6.07, 6.45) is 1.98. The standard InChI is InChI=1S/C16H18BrN3O/c1-18-16(21)12-3-2-8-20(10-12)15-7-5-11-4-6-13(17)9-14(11)19-15/h4-7,9,12H,2-3,8,10H2,1H3,(H,18,21). The lowest BCUT2D eigenvalue weighted by Crippen LogP contribution is -2.42. The molecule has 1 aromatic heterocycles. The van der Waals surface area contributed by atoms with Gasteiger partial charge in [-0.15, -0.1) is 0 Å². The summed E-state index contributed by atoms with van der Waals surface area (Å²) >= 11 is 3.48. The number of carbonyl (C=O) groups is 1. The van der Waals surface area contributed by atoms with Crippen LogP contribution in [0.25, 0.3) is 10.9 Å². The smallest absolute Gasteiger partial charge is 0.224 e.